The maximum atomic E-state index is 12.3. The van der Waals surface area contributed by atoms with Gasteiger partial charge in [-0.25, -0.2) is 9.97 Å². The van der Waals surface area contributed by atoms with Crippen molar-refractivity contribution in [3.63, 3.8) is 0 Å². The third-order valence-corrected chi connectivity index (χ3v) is 7.29. The summed E-state index contributed by atoms with van der Waals surface area (Å²) in [6.45, 7) is 9.62. The van der Waals surface area contributed by atoms with E-state index in [2.05, 4.69) is 61.2 Å². The number of likely N-dealkylation sites (tertiary alicyclic amines) is 1. The number of aromatic nitrogens is 2. The highest BCUT2D eigenvalue weighted by Crippen LogP contribution is 2.25. The molecule has 4 rings (SSSR count). The molecule has 2 aliphatic heterocycles. The molecule has 0 aliphatic carbocycles. The quantitative estimate of drug-likeness (QED) is 0.347. The minimum absolute atomic E-state index is 0.00831. The fraction of sp³-hybridized carbons (Fsp3) is 0.542. The summed E-state index contributed by atoms with van der Waals surface area (Å²) in [5, 5.41) is 3.97. The van der Waals surface area contributed by atoms with E-state index in [0.717, 1.165) is 51.6 Å². The molecule has 1 aromatic carbocycles. The van der Waals surface area contributed by atoms with Crippen molar-refractivity contribution in [2.24, 2.45) is 0 Å². The van der Waals surface area contributed by atoms with E-state index < -0.39 is 0 Å². The van der Waals surface area contributed by atoms with E-state index in [-0.39, 0.29) is 5.91 Å². The van der Waals surface area contributed by atoms with Crippen LogP contribution in [0.3, 0.4) is 0 Å². The van der Waals surface area contributed by atoms with Gasteiger partial charge < -0.3 is 20.0 Å². The SMILES string of the molecule is Cc1ccccc1N1CCN(c2cc(Cl)nc(SCC(=O)NCCN3CCCCC3)n2)CC1. The molecule has 0 spiro atoms. The van der Waals surface area contributed by atoms with E-state index >= 15 is 0 Å². The van der Waals surface area contributed by atoms with Crippen LogP contribution in [0.25, 0.3) is 0 Å². The van der Waals surface area contributed by atoms with Gasteiger partial charge in [0.1, 0.15) is 11.0 Å². The number of para-hydroxylation sites is 1. The van der Waals surface area contributed by atoms with Gasteiger partial charge in [0.15, 0.2) is 5.16 Å². The molecule has 1 N–H and O–H groups in total. The summed E-state index contributed by atoms with van der Waals surface area (Å²) in [5.74, 6) is 1.13. The summed E-state index contributed by atoms with van der Waals surface area (Å²) in [6.07, 6.45) is 3.85. The zero-order chi connectivity index (χ0) is 23.0. The van der Waals surface area contributed by atoms with Crippen molar-refractivity contribution in [2.75, 3.05) is 67.9 Å². The third-order valence-electron chi connectivity index (χ3n) is 6.25. The highest BCUT2D eigenvalue weighted by molar-refractivity contribution is 7.99. The lowest BCUT2D eigenvalue weighted by Crippen LogP contribution is -2.47. The van der Waals surface area contributed by atoms with Crippen molar-refractivity contribution in [3.8, 4) is 0 Å². The Hall–Kier alpha value is -2.03. The van der Waals surface area contributed by atoms with Crippen molar-refractivity contribution in [1.82, 2.24) is 20.2 Å². The smallest absolute Gasteiger partial charge is 0.230 e. The van der Waals surface area contributed by atoms with Crippen LogP contribution in [-0.2, 0) is 4.79 Å². The van der Waals surface area contributed by atoms with E-state index in [9.17, 15) is 4.79 Å². The van der Waals surface area contributed by atoms with E-state index in [1.807, 2.05) is 6.07 Å². The van der Waals surface area contributed by atoms with E-state index in [0.29, 0.717) is 22.6 Å². The molecule has 0 saturated carbocycles. The fourth-order valence-corrected chi connectivity index (χ4v) is 5.34. The number of carbonyl (C=O) groups is 1. The second kappa shape index (κ2) is 11.9. The molecular formula is C24H33ClN6OS. The summed E-state index contributed by atoms with van der Waals surface area (Å²) in [6, 6.07) is 10.3. The predicted molar refractivity (Wildman–Crippen MR) is 137 cm³/mol. The molecule has 33 heavy (non-hydrogen) atoms. The van der Waals surface area contributed by atoms with E-state index in [1.54, 1.807) is 0 Å². The van der Waals surface area contributed by atoms with Gasteiger partial charge in [-0.3, -0.25) is 4.79 Å². The molecule has 9 heteroatoms. The minimum atomic E-state index is 0.00831. The Morgan fingerprint density at radius 3 is 2.52 bits per heavy atom. The molecule has 3 heterocycles. The van der Waals surface area contributed by atoms with Gasteiger partial charge in [0.25, 0.3) is 0 Å². The van der Waals surface area contributed by atoms with Crippen LogP contribution in [0.2, 0.25) is 5.15 Å². The minimum Gasteiger partial charge on any atom is -0.368 e. The number of halogens is 1. The zero-order valence-corrected chi connectivity index (χ0v) is 20.9. The number of piperazine rings is 1. The maximum Gasteiger partial charge on any atom is 0.230 e. The van der Waals surface area contributed by atoms with Crippen molar-refractivity contribution >= 4 is 40.8 Å². The second-order valence-electron chi connectivity index (χ2n) is 8.63. The number of aryl methyl sites for hydroxylation is 1. The van der Waals surface area contributed by atoms with Crippen molar-refractivity contribution in [3.05, 3.63) is 41.0 Å². The summed E-state index contributed by atoms with van der Waals surface area (Å²) in [7, 11) is 0. The monoisotopic (exact) mass is 488 g/mol. The number of amides is 1. The Bertz CT molecular complexity index is 931. The van der Waals surface area contributed by atoms with Crippen LogP contribution in [0.15, 0.2) is 35.5 Å². The number of rotatable bonds is 8. The van der Waals surface area contributed by atoms with Crippen molar-refractivity contribution in [2.45, 2.75) is 31.3 Å². The lowest BCUT2D eigenvalue weighted by atomic mass is 10.1. The molecule has 1 aromatic heterocycles. The van der Waals surface area contributed by atoms with Crippen molar-refractivity contribution < 1.29 is 4.79 Å². The third kappa shape index (κ3) is 6.98. The molecule has 7 nitrogen and oxygen atoms in total. The first-order valence-electron chi connectivity index (χ1n) is 11.8. The molecular weight excluding hydrogens is 456 g/mol. The first kappa shape index (κ1) is 24.1. The first-order valence-corrected chi connectivity index (χ1v) is 13.2. The molecule has 0 unspecified atom stereocenters. The number of carbonyl (C=O) groups excluding carboxylic acids is 1. The Morgan fingerprint density at radius 1 is 1.03 bits per heavy atom. The molecule has 2 aliphatic rings. The molecule has 2 saturated heterocycles. The number of hydrogen-bond acceptors (Lipinski definition) is 7. The highest BCUT2D eigenvalue weighted by atomic mass is 35.5. The normalized spacial score (nSPS) is 17.3. The van der Waals surface area contributed by atoms with Crippen LogP contribution in [-0.4, -0.2) is 78.9 Å². The zero-order valence-electron chi connectivity index (χ0n) is 19.3. The standard InChI is InChI=1S/C24H33ClN6OS/c1-19-7-3-4-8-20(19)30-13-15-31(16-14-30)22-17-21(25)27-24(28-22)33-18-23(32)26-9-12-29-10-5-2-6-11-29/h3-4,7-8,17H,2,5-6,9-16,18H2,1H3,(H,26,32). The topological polar surface area (TPSA) is 64.6 Å². The van der Waals surface area contributed by atoms with Gasteiger partial charge >= 0.3 is 0 Å². The Labute approximate surface area is 205 Å². The number of piperidine rings is 1. The van der Waals surface area contributed by atoms with Gasteiger partial charge in [0.2, 0.25) is 5.91 Å². The van der Waals surface area contributed by atoms with Gasteiger partial charge in [-0.15, -0.1) is 0 Å². The molecule has 2 aromatic rings. The van der Waals surface area contributed by atoms with Crippen LogP contribution < -0.4 is 15.1 Å². The first-order chi connectivity index (χ1) is 16.1. The average Bonchev–Trinajstić information content (AvgIpc) is 2.84. The molecule has 178 valence electrons. The highest BCUT2D eigenvalue weighted by Gasteiger charge is 2.20. The number of anilines is 2. The molecule has 0 radical (unpaired) electrons. The lowest BCUT2D eigenvalue weighted by molar-refractivity contribution is -0.118. The lowest BCUT2D eigenvalue weighted by Gasteiger charge is -2.37. The Morgan fingerprint density at radius 2 is 1.76 bits per heavy atom. The van der Waals surface area contributed by atoms with Gasteiger partial charge in [-0.1, -0.05) is 48.0 Å². The molecule has 1 amide bonds. The Balaban J connectivity index is 1.25. The van der Waals surface area contributed by atoms with Gasteiger partial charge in [-0.05, 0) is 44.5 Å². The molecule has 2 fully saturated rings. The summed E-state index contributed by atoms with van der Waals surface area (Å²) in [4.78, 5) is 28.4. The predicted octanol–water partition coefficient (Wildman–Crippen LogP) is 3.46. The van der Waals surface area contributed by atoms with Gasteiger partial charge in [0, 0.05) is 51.0 Å². The number of nitrogens with one attached hydrogen (secondary N) is 1. The largest absolute Gasteiger partial charge is 0.368 e. The fourth-order valence-electron chi connectivity index (χ4n) is 4.42. The van der Waals surface area contributed by atoms with Crippen LogP contribution in [0.5, 0.6) is 0 Å². The van der Waals surface area contributed by atoms with Crippen molar-refractivity contribution in [1.29, 1.82) is 0 Å². The van der Waals surface area contributed by atoms with Gasteiger partial charge in [0.05, 0.1) is 5.75 Å². The Kier molecular flexibility index (Phi) is 8.69. The summed E-state index contributed by atoms with van der Waals surface area (Å²) >= 11 is 7.63. The molecule has 0 bridgehead atoms. The average molecular weight is 489 g/mol. The second-order valence-corrected chi connectivity index (χ2v) is 9.96. The van der Waals surface area contributed by atoms with Crippen LogP contribution in [0, 0.1) is 6.92 Å². The molecule has 0 atom stereocenters. The van der Waals surface area contributed by atoms with Crippen LogP contribution >= 0.6 is 23.4 Å². The van der Waals surface area contributed by atoms with E-state index in [4.69, 9.17) is 11.6 Å². The van der Waals surface area contributed by atoms with Crippen LogP contribution in [0.1, 0.15) is 24.8 Å². The summed E-state index contributed by atoms with van der Waals surface area (Å²) < 4.78 is 0. The van der Waals surface area contributed by atoms with E-state index in [1.165, 1.54) is 42.3 Å². The van der Waals surface area contributed by atoms with Crippen LogP contribution in [0.4, 0.5) is 11.5 Å². The maximum absolute atomic E-state index is 12.3. The number of hydrogen-bond donors (Lipinski definition) is 1. The number of nitrogens with zero attached hydrogens (tertiary/aromatic N) is 5. The van der Waals surface area contributed by atoms with Gasteiger partial charge in [-0.2, -0.15) is 0 Å². The summed E-state index contributed by atoms with van der Waals surface area (Å²) in [5.41, 5.74) is 2.59. The number of thioether (sulfide) groups is 1. The number of benzene rings is 1.